The molecular weight excluding hydrogens is 262 g/mol. The topological polar surface area (TPSA) is 38.7 Å². The number of allylic oxidation sites excluding steroid dienone is 4. The lowest BCUT2D eigenvalue weighted by atomic mass is 9.34. The van der Waals surface area contributed by atoms with Gasteiger partial charge in [-0.1, -0.05) is 30.0 Å². The molecule has 1 aliphatic rings. The van der Waals surface area contributed by atoms with E-state index in [0.29, 0.717) is 11.5 Å². The summed E-state index contributed by atoms with van der Waals surface area (Å²) in [4.78, 5) is 0. The van der Waals surface area contributed by atoms with Crippen LogP contribution in [0.25, 0.3) is 0 Å². The third-order valence-electron chi connectivity index (χ3n) is 3.79. The zero-order chi connectivity index (χ0) is 15.1. The van der Waals surface area contributed by atoms with Crippen LogP contribution in [0.15, 0.2) is 35.8 Å². The van der Waals surface area contributed by atoms with Crippen molar-refractivity contribution in [3.63, 3.8) is 0 Å². The quantitative estimate of drug-likeness (QED) is 0.617. The second-order valence-corrected chi connectivity index (χ2v) is 5.31. The first-order chi connectivity index (χ1) is 10.2. The van der Waals surface area contributed by atoms with Gasteiger partial charge in [0.25, 0.3) is 0 Å². The highest BCUT2D eigenvalue weighted by Gasteiger charge is 2.11. The van der Waals surface area contributed by atoms with E-state index >= 15 is 0 Å². The number of phenolic OH excluding ortho intramolecular Hbond substituents is 1. The van der Waals surface area contributed by atoms with Crippen molar-refractivity contribution in [1.29, 1.82) is 0 Å². The van der Waals surface area contributed by atoms with Gasteiger partial charge in [-0.15, -0.1) is 0 Å². The van der Waals surface area contributed by atoms with Crippen LogP contribution in [0, 0.1) is 0 Å². The van der Waals surface area contributed by atoms with Gasteiger partial charge in [0.1, 0.15) is 7.17 Å². The summed E-state index contributed by atoms with van der Waals surface area (Å²) < 4.78 is 10.4. The lowest BCUT2D eigenvalue weighted by molar-refractivity contribution is 0.339. The summed E-state index contributed by atoms with van der Waals surface area (Å²) in [5.41, 5.74) is 2.59. The summed E-state index contributed by atoms with van der Waals surface area (Å²) in [6.45, 7) is 0. The normalized spacial score (nSPS) is 13.5. The molecule has 0 fully saturated rings. The highest BCUT2D eigenvalue weighted by Crippen LogP contribution is 2.37. The minimum atomic E-state index is 0.0706. The van der Waals surface area contributed by atoms with Gasteiger partial charge in [0.15, 0.2) is 11.5 Å². The highest BCUT2D eigenvalue weighted by molar-refractivity contribution is 7.04. The molecule has 21 heavy (non-hydrogen) atoms. The van der Waals surface area contributed by atoms with Crippen molar-refractivity contribution >= 4 is 14.3 Å². The van der Waals surface area contributed by atoms with E-state index in [-0.39, 0.29) is 5.75 Å². The predicted molar refractivity (Wildman–Crippen MR) is 90.5 cm³/mol. The summed E-state index contributed by atoms with van der Waals surface area (Å²) in [5, 5.41) is 9.89. The number of methoxy groups -OCH3 is 2. The van der Waals surface area contributed by atoms with Crippen LogP contribution in [0.5, 0.6) is 17.2 Å². The third kappa shape index (κ3) is 4.35. The molecule has 0 saturated heterocycles. The molecule has 0 unspecified atom stereocenters. The van der Waals surface area contributed by atoms with Crippen molar-refractivity contribution in [3.05, 3.63) is 41.4 Å². The molecule has 3 nitrogen and oxygen atoms in total. The smallest absolute Gasteiger partial charge is 0.200 e. The van der Waals surface area contributed by atoms with Crippen LogP contribution in [0.3, 0.4) is 0 Å². The van der Waals surface area contributed by atoms with Crippen LogP contribution in [0.4, 0.5) is 0 Å². The van der Waals surface area contributed by atoms with Crippen LogP contribution in [-0.2, 0) is 6.42 Å². The van der Waals surface area contributed by atoms with E-state index in [4.69, 9.17) is 9.47 Å². The number of rotatable bonds is 7. The van der Waals surface area contributed by atoms with E-state index in [0.717, 1.165) is 25.5 Å². The molecule has 1 aliphatic carbocycles. The molecule has 0 amide bonds. The van der Waals surface area contributed by atoms with Gasteiger partial charge < -0.3 is 14.6 Å². The molecule has 0 radical (unpaired) electrons. The van der Waals surface area contributed by atoms with Crippen molar-refractivity contribution in [3.8, 4) is 17.2 Å². The predicted octanol–water partition coefficient (Wildman–Crippen LogP) is 2.39. The average molecular weight is 284 g/mol. The van der Waals surface area contributed by atoms with E-state index < -0.39 is 0 Å². The number of aromatic hydroxyl groups is 1. The standard InChI is InChI=1S/C16H22B2O3/c1-20-14-10-12(11-15(21-2)16(14)19)8-9-17-18-13-6-4-3-5-7-13/h4,6-7,10-11,17-19H,3,5,8-9H2,1-2H3. The van der Waals surface area contributed by atoms with E-state index in [1.165, 1.54) is 25.5 Å². The molecule has 5 heteroatoms. The Bertz CT molecular complexity index is 513. The molecule has 0 atom stereocenters. The van der Waals surface area contributed by atoms with Crippen molar-refractivity contribution < 1.29 is 14.6 Å². The Morgan fingerprint density at radius 2 is 1.86 bits per heavy atom. The number of hydrogen-bond acceptors (Lipinski definition) is 3. The van der Waals surface area contributed by atoms with Crippen LogP contribution in [-0.4, -0.2) is 33.7 Å². The molecule has 0 spiro atoms. The summed E-state index contributed by atoms with van der Waals surface area (Å²) in [6, 6.07) is 3.77. The molecular formula is C16H22B2O3. The van der Waals surface area contributed by atoms with Gasteiger partial charge in [-0.3, -0.25) is 0 Å². The second kappa shape index (κ2) is 7.87. The largest absolute Gasteiger partial charge is 0.502 e. The zero-order valence-corrected chi connectivity index (χ0v) is 12.9. The van der Waals surface area contributed by atoms with Crippen molar-refractivity contribution in [2.45, 2.75) is 25.6 Å². The fourth-order valence-electron chi connectivity index (χ4n) is 2.60. The number of ether oxygens (including phenoxy) is 2. The van der Waals surface area contributed by atoms with Gasteiger partial charge in [-0.2, -0.15) is 0 Å². The first-order valence-corrected chi connectivity index (χ1v) is 7.54. The van der Waals surface area contributed by atoms with Gasteiger partial charge in [0.05, 0.1) is 21.4 Å². The molecule has 2 rings (SSSR count). The van der Waals surface area contributed by atoms with Gasteiger partial charge in [0, 0.05) is 0 Å². The Hall–Kier alpha value is -1.77. The Morgan fingerprint density at radius 1 is 1.14 bits per heavy atom. The summed E-state index contributed by atoms with van der Waals surface area (Å²) >= 11 is 0. The molecule has 0 heterocycles. The first kappa shape index (κ1) is 15.6. The number of aryl methyl sites for hydroxylation is 1. The van der Waals surface area contributed by atoms with Crippen molar-refractivity contribution in [2.24, 2.45) is 0 Å². The van der Waals surface area contributed by atoms with Crippen molar-refractivity contribution in [2.75, 3.05) is 14.2 Å². The number of phenols is 1. The van der Waals surface area contributed by atoms with Crippen LogP contribution < -0.4 is 9.47 Å². The number of hydrogen-bond donors (Lipinski definition) is 1. The summed E-state index contributed by atoms with van der Waals surface area (Å²) in [5.74, 6) is 1.02. The van der Waals surface area contributed by atoms with E-state index in [2.05, 4.69) is 18.2 Å². The molecule has 0 aromatic heterocycles. The molecule has 1 N–H and O–H groups in total. The second-order valence-electron chi connectivity index (χ2n) is 5.31. The van der Waals surface area contributed by atoms with Crippen LogP contribution in [0.1, 0.15) is 18.4 Å². The Kier molecular flexibility index (Phi) is 5.85. The Labute approximate surface area is 128 Å². The van der Waals surface area contributed by atoms with E-state index in [9.17, 15) is 5.11 Å². The first-order valence-electron chi connectivity index (χ1n) is 7.54. The molecule has 1 aromatic carbocycles. The van der Waals surface area contributed by atoms with Gasteiger partial charge in [0.2, 0.25) is 5.75 Å². The minimum Gasteiger partial charge on any atom is -0.502 e. The van der Waals surface area contributed by atoms with Crippen LogP contribution >= 0.6 is 0 Å². The lowest BCUT2D eigenvalue weighted by Crippen LogP contribution is -2.08. The average Bonchev–Trinajstić information content (AvgIpc) is 2.53. The van der Waals surface area contributed by atoms with Gasteiger partial charge >= 0.3 is 0 Å². The van der Waals surface area contributed by atoms with Gasteiger partial charge in [-0.05, 0) is 37.0 Å². The molecule has 110 valence electrons. The monoisotopic (exact) mass is 284 g/mol. The van der Waals surface area contributed by atoms with E-state index in [1.807, 2.05) is 12.1 Å². The summed E-state index contributed by atoms with van der Waals surface area (Å²) in [6.07, 6.45) is 11.3. The minimum absolute atomic E-state index is 0.0706. The molecule has 1 aromatic rings. The SMILES string of the molecule is COc1cc(CCBBC2=CCCC=C2)cc(OC)c1O. The molecule has 0 saturated carbocycles. The Morgan fingerprint density at radius 3 is 2.43 bits per heavy atom. The van der Waals surface area contributed by atoms with Gasteiger partial charge in [-0.25, -0.2) is 0 Å². The molecule has 0 bridgehead atoms. The highest BCUT2D eigenvalue weighted by atomic mass is 16.5. The maximum atomic E-state index is 9.89. The zero-order valence-electron chi connectivity index (χ0n) is 12.9. The number of benzene rings is 1. The van der Waals surface area contributed by atoms with E-state index in [1.54, 1.807) is 14.2 Å². The third-order valence-corrected chi connectivity index (χ3v) is 3.79. The fourth-order valence-corrected chi connectivity index (χ4v) is 2.60. The maximum absolute atomic E-state index is 9.89. The fraction of sp³-hybridized carbons (Fsp3) is 0.375. The maximum Gasteiger partial charge on any atom is 0.200 e. The lowest BCUT2D eigenvalue weighted by Gasteiger charge is -2.11. The Balaban J connectivity index is 1.88. The summed E-state index contributed by atoms with van der Waals surface area (Å²) in [7, 11) is 5.42. The van der Waals surface area contributed by atoms with Crippen molar-refractivity contribution in [1.82, 2.24) is 0 Å². The molecule has 0 aliphatic heterocycles. The van der Waals surface area contributed by atoms with Crippen LogP contribution in [0.2, 0.25) is 6.32 Å².